The van der Waals surface area contributed by atoms with Crippen molar-refractivity contribution in [2.24, 2.45) is 0 Å². The standard InChI is InChI=1S/C24H24N4OS/c1-16-19(17-6-3-2-4-7-17)8-5-9-20(16)26-24-23-21(10-12-25-24)30-22(27-23)15-28-13-11-18(29)14-28/h2-10,12,18,29H,11,13-15H2,1H3,(H,25,26)/t18-/m0/s1. The van der Waals surface area contributed by atoms with Gasteiger partial charge in [0.15, 0.2) is 5.82 Å². The van der Waals surface area contributed by atoms with Crippen LogP contribution in [0.2, 0.25) is 0 Å². The Morgan fingerprint density at radius 3 is 2.80 bits per heavy atom. The summed E-state index contributed by atoms with van der Waals surface area (Å²) in [6.45, 7) is 4.56. The Hall–Kier alpha value is -2.80. The molecule has 1 aliphatic heterocycles. The van der Waals surface area contributed by atoms with Gasteiger partial charge in [-0.05, 0) is 42.2 Å². The van der Waals surface area contributed by atoms with Crippen molar-refractivity contribution in [3.8, 4) is 11.1 Å². The fourth-order valence-corrected chi connectivity index (χ4v) is 5.04. The Morgan fingerprint density at radius 1 is 1.13 bits per heavy atom. The Balaban J connectivity index is 1.44. The van der Waals surface area contributed by atoms with Crippen LogP contribution in [0.25, 0.3) is 21.3 Å². The Labute approximate surface area is 180 Å². The van der Waals surface area contributed by atoms with E-state index in [-0.39, 0.29) is 6.10 Å². The summed E-state index contributed by atoms with van der Waals surface area (Å²) < 4.78 is 1.12. The molecule has 3 heterocycles. The Kier molecular flexibility index (Phi) is 5.21. The topological polar surface area (TPSA) is 61.3 Å². The predicted octanol–water partition coefficient (Wildman–Crippen LogP) is 4.98. The van der Waals surface area contributed by atoms with Crippen LogP contribution in [-0.2, 0) is 6.54 Å². The van der Waals surface area contributed by atoms with E-state index in [0.29, 0.717) is 0 Å². The molecule has 152 valence electrons. The number of rotatable bonds is 5. The quantitative estimate of drug-likeness (QED) is 0.481. The third kappa shape index (κ3) is 3.81. The number of hydrogen-bond acceptors (Lipinski definition) is 6. The van der Waals surface area contributed by atoms with Gasteiger partial charge in [-0.2, -0.15) is 0 Å². The zero-order chi connectivity index (χ0) is 20.5. The maximum absolute atomic E-state index is 9.78. The number of fused-ring (bicyclic) bond motifs is 1. The lowest BCUT2D eigenvalue weighted by atomic mass is 9.99. The zero-order valence-corrected chi connectivity index (χ0v) is 17.7. The number of nitrogens with zero attached hydrogens (tertiary/aromatic N) is 3. The number of β-amino-alcohol motifs (C(OH)–C–C–N with tert-alkyl or cyclic N) is 1. The first kappa shape index (κ1) is 19.2. The van der Waals surface area contributed by atoms with E-state index >= 15 is 0 Å². The third-order valence-corrected chi connectivity index (χ3v) is 6.63. The molecule has 4 aromatic rings. The number of benzene rings is 2. The fraction of sp³-hybridized carbons (Fsp3) is 0.250. The molecule has 30 heavy (non-hydrogen) atoms. The van der Waals surface area contributed by atoms with Gasteiger partial charge in [0.2, 0.25) is 0 Å². The number of hydrogen-bond donors (Lipinski definition) is 2. The molecule has 2 N–H and O–H groups in total. The molecule has 5 rings (SSSR count). The minimum atomic E-state index is -0.210. The van der Waals surface area contributed by atoms with Crippen LogP contribution in [0.15, 0.2) is 60.8 Å². The lowest BCUT2D eigenvalue weighted by molar-refractivity contribution is 0.175. The first-order valence-electron chi connectivity index (χ1n) is 10.2. The van der Waals surface area contributed by atoms with Gasteiger partial charge < -0.3 is 10.4 Å². The van der Waals surface area contributed by atoms with E-state index < -0.39 is 0 Å². The number of aromatic nitrogens is 2. The number of anilines is 2. The normalized spacial score (nSPS) is 16.9. The van der Waals surface area contributed by atoms with Crippen LogP contribution < -0.4 is 5.32 Å². The van der Waals surface area contributed by atoms with Crippen LogP contribution in [0.4, 0.5) is 11.5 Å². The van der Waals surface area contributed by atoms with Gasteiger partial charge in [0, 0.05) is 25.0 Å². The molecule has 0 radical (unpaired) electrons. The van der Waals surface area contributed by atoms with Crippen LogP contribution in [0, 0.1) is 6.92 Å². The average molecular weight is 417 g/mol. The lowest BCUT2D eigenvalue weighted by Gasteiger charge is -2.13. The summed E-state index contributed by atoms with van der Waals surface area (Å²) in [7, 11) is 0. The third-order valence-electron chi connectivity index (χ3n) is 5.63. The fourth-order valence-electron chi connectivity index (χ4n) is 4.04. The highest BCUT2D eigenvalue weighted by Gasteiger charge is 2.21. The number of likely N-dealkylation sites (tertiary alicyclic amines) is 1. The van der Waals surface area contributed by atoms with Gasteiger partial charge in [0.05, 0.1) is 17.3 Å². The predicted molar refractivity (Wildman–Crippen MR) is 123 cm³/mol. The van der Waals surface area contributed by atoms with Crippen molar-refractivity contribution in [3.05, 3.63) is 71.4 Å². The largest absolute Gasteiger partial charge is 0.392 e. The number of aliphatic hydroxyl groups is 1. The second kappa shape index (κ2) is 8.14. The monoisotopic (exact) mass is 416 g/mol. The maximum atomic E-state index is 9.78. The first-order chi connectivity index (χ1) is 14.7. The molecule has 0 aliphatic carbocycles. The van der Waals surface area contributed by atoms with E-state index in [9.17, 15) is 5.11 Å². The molecular formula is C24H24N4OS. The van der Waals surface area contributed by atoms with Gasteiger partial charge in [-0.15, -0.1) is 11.3 Å². The summed E-state index contributed by atoms with van der Waals surface area (Å²) in [5.74, 6) is 0.782. The highest BCUT2D eigenvalue weighted by atomic mass is 32.1. The van der Waals surface area contributed by atoms with Crippen LogP contribution in [-0.4, -0.2) is 39.2 Å². The van der Waals surface area contributed by atoms with Gasteiger partial charge in [0.1, 0.15) is 10.5 Å². The zero-order valence-electron chi connectivity index (χ0n) is 16.9. The number of pyridine rings is 1. The second-order valence-corrected chi connectivity index (χ2v) is 8.88. The molecule has 6 heteroatoms. The van der Waals surface area contributed by atoms with Gasteiger partial charge in [-0.1, -0.05) is 42.5 Å². The summed E-state index contributed by atoms with van der Waals surface area (Å²) in [6, 6.07) is 18.8. The molecule has 2 aromatic carbocycles. The molecule has 1 saturated heterocycles. The van der Waals surface area contributed by atoms with Crippen LogP contribution in [0.5, 0.6) is 0 Å². The summed E-state index contributed by atoms with van der Waals surface area (Å²) >= 11 is 1.70. The molecule has 0 bridgehead atoms. The summed E-state index contributed by atoms with van der Waals surface area (Å²) in [4.78, 5) is 11.7. The highest BCUT2D eigenvalue weighted by Crippen LogP contribution is 2.33. The van der Waals surface area contributed by atoms with Crippen molar-refractivity contribution in [2.75, 3.05) is 18.4 Å². The molecule has 2 aromatic heterocycles. The van der Waals surface area contributed by atoms with Crippen molar-refractivity contribution in [1.29, 1.82) is 0 Å². The minimum absolute atomic E-state index is 0.210. The molecular weight excluding hydrogens is 392 g/mol. The maximum Gasteiger partial charge on any atom is 0.157 e. The Morgan fingerprint density at radius 2 is 2.00 bits per heavy atom. The van der Waals surface area contributed by atoms with Crippen molar-refractivity contribution >= 4 is 33.1 Å². The Bertz CT molecular complexity index is 1170. The van der Waals surface area contributed by atoms with E-state index in [1.165, 1.54) is 16.7 Å². The molecule has 0 saturated carbocycles. The van der Waals surface area contributed by atoms with E-state index in [0.717, 1.165) is 52.8 Å². The van der Waals surface area contributed by atoms with Crippen LogP contribution in [0.1, 0.15) is 17.0 Å². The van der Waals surface area contributed by atoms with Crippen molar-refractivity contribution in [2.45, 2.75) is 26.0 Å². The highest BCUT2D eigenvalue weighted by molar-refractivity contribution is 7.18. The SMILES string of the molecule is Cc1c(Nc2nccc3sc(CN4CC[C@H](O)C4)nc23)cccc1-c1ccccc1. The van der Waals surface area contributed by atoms with Gasteiger partial charge in [0.25, 0.3) is 0 Å². The van der Waals surface area contributed by atoms with Gasteiger partial charge in [-0.25, -0.2) is 9.97 Å². The number of thiazole rings is 1. The summed E-state index contributed by atoms with van der Waals surface area (Å²) in [5.41, 5.74) is 5.53. The lowest BCUT2D eigenvalue weighted by Crippen LogP contribution is -2.21. The van der Waals surface area contributed by atoms with E-state index in [1.807, 2.05) is 18.3 Å². The molecule has 5 nitrogen and oxygen atoms in total. The van der Waals surface area contributed by atoms with Crippen molar-refractivity contribution in [1.82, 2.24) is 14.9 Å². The van der Waals surface area contributed by atoms with Gasteiger partial charge >= 0.3 is 0 Å². The van der Waals surface area contributed by atoms with Crippen molar-refractivity contribution in [3.63, 3.8) is 0 Å². The van der Waals surface area contributed by atoms with E-state index in [2.05, 4.69) is 64.6 Å². The summed E-state index contributed by atoms with van der Waals surface area (Å²) in [5, 5.41) is 14.4. The van der Waals surface area contributed by atoms with Crippen LogP contribution in [0.3, 0.4) is 0 Å². The van der Waals surface area contributed by atoms with Crippen molar-refractivity contribution < 1.29 is 5.11 Å². The second-order valence-electron chi connectivity index (χ2n) is 7.76. The van der Waals surface area contributed by atoms with E-state index in [1.54, 1.807) is 11.3 Å². The first-order valence-corrected chi connectivity index (χ1v) is 11.1. The summed E-state index contributed by atoms with van der Waals surface area (Å²) in [6.07, 6.45) is 2.47. The molecule has 1 aliphatic rings. The number of aliphatic hydroxyl groups excluding tert-OH is 1. The molecule has 0 unspecified atom stereocenters. The average Bonchev–Trinajstić information content (AvgIpc) is 3.36. The molecule has 0 spiro atoms. The van der Waals surface area contributed by atoms with Crippen LogP contribution >= 0.6 is 11.3 Å². The smallest absolute Gasteiger partial charge is 0.157 e. The van der Waals surface area contributed by atoms with Gasteiger partial charge in [-0.3, -0.25) is 4.90 Å². The molecule has 1 atom stereocenters. The molecule has 0 amide bonds. The number of nitrogens with one attached hydrogen (secondary N) is 1. The van der Waals surface area contributed by atoms with E-state index in [4.69, 9.17) is 4.98 Å². The molecule has 1 fully saturated rings. The minimum Gasteiger partial charge on any atom is -0.392 e.